The molecule has 1 N–H and O–H groups in total. The highest BCUT2D eigenvalue weighted by Crippen LogP contribution is 2.42. The van der Waals surface area contributed by atoms with Crippen LogP contribution in [0.25, 0.3) is 5.76 Å². The first-order valence-electron chi connectivity index (χ1n) is 8.60. The molecule has 5 nitrogen and oxygen atoms in total. The highest BCUT2D eigenvalue weighted by molar-refractivity contribution is 9.10. The smallest absolute Gasteiger partial charge is 0.300 e. The van der Waals surface area contributed by atoms with Crippen molar-refractivity contribution in [1.82, 2.24) is 4.98 Å². The zero-order chi connectivity index (χ0) is 19.7. The Balaban J connectivity index is 1.95. The molecule has 0 bridgehead atoms. The van der Waals surface area contributed by atoms with Crippen molar-refractivity contribution in [3.63, 3.8) is 0 Å². The van der Waals surface area contributed by atoms with E-state index in [2.05, 4.69) is 20.9 Å². The highest BCUT2D eigenvalue weighted by Gasteiger charge is 2.47. The minimum Gasteiger partial charge on any atom is -0.507 e. The molecule has 0 spiro atoms. The number of nitrogens with zero attached hydrogens (tertiary/aromatic N) is 2. The van der Waals surface area contributed by atoms with E-state index in [1.807, 2.05) is 30.3 Å². The van der Waals surface area contributed by atoms with Crippen molar-refractivity contribution in [2.75, 3.05) is 4.90 Å². The Hall–Kier alpha value is -3.25. The zero-order valence-electron chi connectivity index (χ0n) is 14.6. The van der Waals surface area contributed by atoms with Crippen LogP contribution in [0.1, 0.15) is 17.2 Å². The molecule has 2 aromatic carbocycles. The summed E-state index contributed by atoms with van der Waals surface area (Å²) in [7, 11) is 0. The number of carbonyl (C=O) groups is 2. The molecular formula is C22H15BrN2O3. The zero-order valence-corrected chi connectivity index (χ0v) is 16.2. The van der Waals surface area contributed by atoms with E-state index in [0.29, 0.717) is 16.8 Å². The van der Waals surface area contributed by atoms with Gasteiger partial charge in [0.2, 0.25) is 0 Å². The molecule has 0 saturated carbocycles. The molecule has 6 heteroatoms. The predicted molar refractivity (Wildman–Crippen MR) is 110 cm³/mol. The number of benzene rings is 2. The van der Waals surface area contributed by atoms with Crippen LogP contribution in [0.4, 0.5) is 5.69 Å². The molecule has 1 saturated heterocycles. The minimum atomic E-state index is -0.752. The molecule has 1 aliphatic heterocycles. The molecule has 138 valence electrons. The largest absolute Gasteiger partial charge is 0.507 e. The fourth-order valence-corrected chi connectivity index (χ4v) is 3.57. The Morgan fingerprint density at radius 3 is 2.32 bits per heavy atom. The van der Waals surface area contributed by atoms with Crippen LogP contribution in [-0.2, 0) is 9.59 Å². The standard InChI is InChI=1S/C22H15BrN2O3/c23-16-10-8-14(9-11-16)19-18(20(26)15-5-2-1-3-6-15)21(27)22(28)25(19)17-7-4-12-24-13-17/h1-13,19,26H/t19-/m0/s1. The van der Waals surface area contributed by atoms with Crippen LogP contribution in [0.2, 0.25) is 0 Å². The van der Waals surface area contributed by atoms with Gasteiger partial charge in [-0.05, 0) is 29.8 Å². The number of Topliss-reactive ketones (excluding diaryl/α,β-unsaturated/α-hetero) is 1. The number of hydrogen-bond acceptors (Lipinski definition) is 4. The maximum Gasteiger partial charge on any atom is 0.300 e. The maximum atomic E-state index is 12.9. The second-order valence-corrected chi connectivity index (χ2v) is 7.21. The average molecular weight is 435 g/mol. The first-order chi connectivity index (χ1) is 13.6. The Kier molecular flexibility index (Phi) is 4.79. The van der Waals surface area contributed by atoms with Crippen LogP contribution in [0.5, 0.6) is 0 Å². The van der Waals surface area contributed by atoms with Crippen molar-refractivity contribution in [3.8, 4) is 0 Å². The Morgan fingerprint density at radius 2 is 1.68 bits per heavy atom. The first kappa shape index (κ1) is 18.1. The molecular weight excluding hydrogens is 420 g/mol. The second-order valence-electron chi connectivity index (χ2n) is 6.30. The van der Waals surface area contributed by atoms with E-state index in [4.69, 9.17) is 0 Å². The van der Waals surface area contributed by atoms with Crippen molar-refractivity contribution in [1.29, 1.82) is 0 Å². The van der Waals surface area contributed by atoms with Crippen LogP contribution in [0.3, 0.4) is 0 Å². The predicted octanol–water partition coefficient (Wildman–Crippen LogP) is 4.47. The monoisotopic (exact) mass is 434 g/mol. The number of aromatic nitrogens is 1. The first-order valence-corrected chi connectivity index (χ1v) is 9.39. The van der Waals surface area contributed by atoms with E-state index >= 15 is 0 Å². The molecule has 2 heterocycles. The summed E-state index contributed by atoms with van der Waals surface area (Å²) < 4.78 is 0.873. The van der Waals surface area contributed by atoms with E-state index < -0.39 is 17.7 Å². The molecule has 1 amide bonds. The number of hydrogen-bond donors (Lipinski definition) is 1. The topological polar surface area (TPSA) is 70.5 Å². The molecule has 3 aromatic rings. The number of anilines is 1. The van der Waals surface area contributed by atoms with Crippen LogP contribution in [0.15, 0.2) is 89.2 Å². The van der Waals surface area contributed by atoms with Gasteiger partial charge in [0.25, 0.3) is 11.7 Å². The van der Waals surface area contributed by atoms with Gasteiger partial charge in [-0.25, -0.2) is 0 Å². The third-order valence-electron chi connectivity index (χ3n) is 4.60. The molecule has 0 radical (unpaired) electrons. The van der Waals surface area contributed by atoms with Crippen LogP contribution in [-0.4, -0.2) is 21.8 Å². The molecule has 4 rings (SSSR count). The van der Waals surface area contributed by atoms with Gasteiger partial charge in [0.1, 0.15) is 5.76 Å². The minimum absolute atomic E-state index is 0.0578. The lowest BCUT2D eigenvalue weighted by Gasteiger charge is -2.25. The summed E-state index contributed by atoms with van der Waals surface area (Å²) in [5, 5.41) is 10.9. The number of amides is 1. The van der Waals surface area contributed by atoms with Crippen LogP contribution < -0.4 is 4.90 Å². The molecule has 1 aromatic heterocycles. The molecule has 1 atom stereocenters. The maximum absolute atomic E-state index is 12.9. The van der Waals surface area contributed by atoms with Gasteiger partial charge >= 0.3 is 0 Å². The normalized spacial score (nSPS) is 18.5. The summed E-state index contributed by atoms with van der Waals surface area (Å²) in [6, 6.07) is 18.7. The molecule has 0 unspecified atom stereocenters. The van der Waals surface area contributed by atoms with Gasteiger partial charge in [0.05, 0.1) is 23.5 Å². The SMILES string of the molecule is O=C1C(=O)N(c2cccnc2)[C@@H](c2ccc(Br)cc2)C1=C(O)c1ccccc1. The van der Waals surface area contributed by atoms with Crippen molar-refractivity contribution in [2.45, 2.75) is 6.04 Å². The number of pyridine rings is 1. The quantitative estimate of drug-likeness (QED) is 0.375. The summed E-state index contributed by atoms with van der Waals surface area (Å²) >= 11 is 3.40. The van der Waals surface area contributed by atoms with Gasteiger partial charge in [-0.15, -0.1) is 0 Å². The number of aliphatic hydroxyl groups excluding tert-OH is 1. The van der Waals surface area contributed by atoms with Gasteiger partial charge in [-0.1, -0.05) is 58.4 Å². The number of aliphatic hydroxyl groups is 1. The third-order valence-corrected chi connectivity index (χ3v) is 5.13. The van der Waals surface area contributed by atoms with E-state index in [1.54, 1.807) is 42.6 Å². The van der Waals surface area contributed by atoms with Crippen molar-refractivity contribution >= 4 is 39.1 Å². The third kappa shape index (κ3) is 3.12. The van der Waals surface area contributed by atoms with E-state index in [1.165, 1.54) is 11.1 Å². The number of carbonyl (C=O) groups excluding carboxylic acids is 2. The van der Waals surface area contributed by atoms with Crippen molar-refractivity contribution < 1.29 is 14.7 Å². The lowest BCUT2D eigenvalue weighted by atomic mass is 9.95. The van der Waals surface area contributed by atoms with E-state index in [9.17, 15) is 14.7 Å². The Bertz CT molecular complexity index is 1060. The summed E-state index contributed by atoms with van der Waals surface area (Å²) in [6.07, 6.45) is 3.12. The van der Waals surface area contributed by atoms with Crippen LogP contribution in [0, 0.1) is 0 Å². The van der Waals surface area contributed by atoms with Crippen LogP contribution >= 0.6 is 15.9 Å². The van der Waals surface area contributed by atoms with Gasteiger partial charge in [-0.2, -0.15) is 0 Å². The number of rotatable bonds is 3. The molecule has 1 fully saturated rings. The van der Waals surface area contributed by atoms with Gasteiger partial charge in [0.15, 0.2) is 0 Å². The summed E-state index contributed by atoms with van der Waals surface area (Å²) in [4.78, 5) is 31.3. The summed E-state index contributed by atoms with van der Waals surface area (Å²) in [5.41, 5.74) is 1.74. The van der Waals surface area contributed by atoms with Gasteiger partial charge in [0, 0.05) is 16.2 Å². The average Bonchev–Trinajstić information content (AvgIpc) is 3.00. The van der Waals surface area contributed by atoms with Crippen molar-refractivity contribution in [3.05, 3.63) is 100 Å². The van der Waals surface area contributed by atoms with Gasteiger partial charge < -0.3 is 5.11 Å². The number of ketones is 1. The lowest BCUT2D eigenvalue weighted by molar-refractivity contribution is -0.132. The molecule has 1 aliphatic rings. The Labute approximate surface area is 170 Å². The fraction of sp³-hybridized carbons (Fsp3) is 0.0455. The summed E-state index contributed by atoms with van der Waals surface area (Å²) in [6.45, 7) is 0. The lowest BCUT2D eigenvalue weighted by Crippen LogP contribution is -2.29. The van der Waals surface area contributed by atoms with Crippen molar-refractivity contribution in [2.24, 2.45) is 0 Å². The van der Waals surface area contributed by atoms with E-state index in [-0.39, 0.29) is 11.3 Å². The molecule has 0 aliphatic carbocycles. The molecule has 28 heavy (non-hydrogen) atoms. The Morgan fingerprint density at radius 1 is 0.964 bits per heavy atom. The number of halogens is 1. The van der Waals surface area contributed by atoms with E-state index in [0.717, 1.165) is 4.47 Å². The van der Waals surface area contributed by atoms with Gasteiger partial charge in [-0.3, -0.25) is 19.5 Å². The summed E-state index contributed by atoms with van der Waals surface area (Å²) in [5.74, 6) is -1.62. The highest BCUT2D eigenvalue weighted by atomic mass is 79.9. The second kappa shape index (κ2) is 7.40. The fourth-order valence-electron chi connectivity index (χ4n) is 3.31.